The molecule has 4 rings (SSSR count). The Bertz CT molecular complexity index is 935. The van der Waals surface area contributed by atoms with Gasteiger partial charge in [0.2, 0.25) is 10.0 Å². The maximum atomic E-state index is 13.5. The summed E-state index contributed by atoms with van der Waals surface area (Å²) in [7, 11) is -3.69. The fourth-order valence-corrected chi connectivity index (χ4v) is 6.35. The lowest BCUT2D eigenvalue weighted by Gasteiger charge is -2.34. The van der Waals surface area contributed by atoms with Gasteiger partial charge in [-0.05, 0) is 37.0 Å². The van der Waals surface area contributed by atoms with Crippen molar-refractivity contribution in [1.29, 1.82) is 0 Å². The van der Waals surface area contributed by atoms with Crippen molar-refractivity contribution in [3.05, 3.63) is 23.8 Å². The van der Waals surface area contributed by atoms with Crippen LogP contribution in [-0.4, -0.2) is 102 Å². The van der Waals surface area contributed by atoms with E-state index >= 15 is 0 Å². The number of rotatable bonds is 7. The van der Waals surface area contributed by atoms with E-state index < -0.39 is 10.0 Å². The number of nitrogens with one attached hydrogen (secondary N) is 1. The summed E-state index contributed by atoms with van der Waals surface area (Å²) in [6.07, 6.45) is 1.80. The third-order valence-electron chi connectivity index (χ3n) is 6.72. The standard InChI is InChI=1S/C24H38N4O5S/c1-19(2)18-26-7-5-20(6-8-26)25-24(29)22-17-21(34(30,31)28-11-15-33-16-12-28)3-4-23(22)27-9-13-32-14-10-27/h3-4,17,19-20H,5-16,18H2,1-2H3,(H,25,29). The molecule has 0 atom stereocenters. The van der Waals surface area contributed by atoms with Crippen LogP contribution in [0.2, 0.25) is 0 Å². The van der Waals surface area contributed by atoms with Crippen molar-refractivity contribution in [1.82, 2.24) is 14.5 Å². The van der Waals surface area contributed by atoms with E-state index in [1.807, 2.05) is 0 Å². The lowest BCUT2D eigenvalue weighted by atomic mass is 10.0. The third kappa shape index (κ3) is 6.09. The van der Waals surface area contributed by atoms with E-state index in [2.05, 4.69) is 29.0 Å². The van der Waals surface area contributed by atoms with E-state index in [0.717, 1.165) is 38.2 Å². The second-order valence-electron chi connectivity index (χ2n) is 9.74. The number of hydrogen-bond acceptors (Lipinski definition) is 7. The van der Waals surface area contributed by atoms with Crippen molar-refractivity contribution >= 4 is 21.6 Å². The van der Waals surface area contributed by atoms with Gasteiger partial charge >= 0.3 is 0 Å². The van der Waals surface area contributed by atoms with Gasteiger partial charge in [-0.15, -0.1) is 0 Å². The van der Waals surface area contributed by atoms with E-state index in [0.29, 0.717) is 64.1 Å². The van der Waals surface area contributed by atoms with E-state index in [-0.39, 0.29) is 16.8 Å². The fourth-order valence-electron chi connectivity index (χ4n) is 4.91. The maximum Gasteiger partial charge on any atom is 0.253 e. The molecule has 1 N–H and O–H groups in total. The van der Waals surface area contributed by atoms with Gasteiger partial charge in [-0.1, -0.05) is 13.8 Å². The molecule has 0 aromatic heterocycles. The molecule has 3 saturated heterocycles. The second kappa shape index (κ2) is 11.3. The zero-order valence-electron chi connectivity index (χ0n) is 20.4. The molecule has 3 aliphatic heterocycles. The van der Waals surface area contributed by atoms with E-state index in [4.69, 9.17) is 9.47 Å². The number of nitrogens with zero attached hydrogens (tertiary/aromatic N) is 3. The molecule has 1 aromatic carbocycles. The lowest BCUT2D eigenvalue weighted by Crippen LogP contribution is -2.46. The highest BCUT2D eigenvalue weighted by atomic mass is 32.2. The van der Waals surface area contributed by atoms with Crippen molar-refractivity contribution in [3.63, 3.8) is 0 Å². The van der Waals surface area contributed by atoms with Gasteiger partial charge in [0.25, 0.3) is 5.91 Å². The van der Waals surface area contributed by atoms with Crippen molar-refractivity contribution in [2.45, 2.75) is 37.6 Å². The molecule has 9 nitrogen and oxygen atoms in total. The van der Waals surface area contributed by atoms with Gasteiger partial charge in [0.05, 0.1) is 36.9 Å². The quantitative estimate of drug-likeness (QED) is 0.613. The van der Waals surface area contributed by atoms with Crippen LogP contribution in [0.4, 0.5) is 5.69 Å². The predicted octanol–water partition coefficient (Wildman–Crippen LogP) is 1.39. The molecular formula is C24H38N4O5S. The molecule has 0 unspecified atom stereocenters. The summed E-state index contributed by atoms with van der Waals surface area (Å²) in [4.78, 5) is 18.2. The Labute approximate surface area is 203 Å². The lowest BCUT2D eigenvalue weighted by molar-refractivity contribution is 0.0730. The number of anilines is 1. The molecule has 10 heteroatoms. The third-order valence-corrected chi connectivity index (χ3v) is 8.61. The van der Waals surface area contributed by atoms with E-state index in [1.54, 1.807) is 18.2 Å². The molecule has 0 spiro atoms. The Morgan fingerprint density at radius 2 is 1.62 bits per heavy atom. The molecule has 1 amide bonds. The van der Waals surface area contributed by atoms with Crippen LogP contribution in [0.15, 0.2) is 23.1 Å². The number of benzene rings is 1. The Balaban J connectivity index is 1.54. The summed E-state index contributed by atoms with van der Waals surface area (Å²) in [6, 6.07) is 5.04. The number of amides is 1. The van der Waals surface area contributed by atoms with E-state index in [1.165, 1.54) is 4.31 Å². The summed E-state index contributed by atoms with van der Waals surface area (Å²) in [6.45, 7) is 11.4. The molecule has 190 valence electrons. The zero-order valence-corrected chi connectivity index (χ0v) is 21.2. The number of hydrogen-bond donors (Lipinski definition) is 1. The first-order chi connectivity index (χ1) is 16.3. The summed E-state index contributed by atoms with van der Waals surface area (Å²) in [5.41, 5.74) is 1.18. The second-order valence-corrected chi connectivity index (χ2v) is 11.7. The van der Waals surface area contributed by atoms with Gasteiger partial charge in [0, 0.05) is 57.5 Å². The monoisotopic (exact) mass is 494 g/mol. The van der Waals surface area contributed by atoms with Crippen molar-refractivity contribution in [3.8, 4) is 0 Å². The van der Waals surface area contributed by atoms with Gasteiger partial charge in [-0.2, -0.15) is 4.31 Å². The first-order valence-corrected chi connectivity index (χ1v) is 13.9. The average molecular weight is 495 g/mol. The summed E-state index contributed by atoms with van der Waals surface area (Å²) < 4.78 is 38.8. The number of likely N-dealkylation sites (tertiary alicyclic amines) is 1. The van der Waals surface area contributed by atoms with Crippen molar-refractivity contribution < 1.29 is 22.7 Å². The Morgan fingerprint density at radius 3 is 2.24 bits per heavy atom. The Hall–Kier alpha value is -1.72. The number of piperidine rings is 1. The summed E-state index contributed by atoms with van der Waals surface area (Å²) in [5, 5.41) is 3.19. The Kier molecular flexibility index (Phi) is 8.47. The molecule has 3 fully saturated rings. The highest BCUT2D eigenvalue weighted by Gasteiger charge is 2.30. The SMILES string of the molecule is CC(C)CN1CCC(NC(=O)c2cc(S(=O)(=O)N3CCOCC3)ccc2N2CCOCC2)CC1. The first kappa shape index (κ1) is 25.4. The van der Waals surface area contributed by atoms with Crippen molar-refractivity contribution in [2.75, 3.05) is 77.1 Å². The number of morpholine rings is 2. The van der Waals surface area contributed by atoms with Crippen LogP contribution < -0.4 is 10.2 Å². The number of ether oxygens (including phenoxy) is 2. The van der Waals surface area contributed by atoms with Crippen LogP contribution in [0.5, 0.6) is 0 Å². The van der Waals surface area contributed by atoms with Crippen LogP contribution in [-0.2, 0) is 19.5 Å². The minimum Gasteiger partial charge on any atom is -0.379 e. The number of sulfonamides is 1. The van der Waals surface area contributed by atoms with Crippen LogP contribution in [0.3, 0.4) is 0 Å². The van der Waals surface area contributed by atoms with Gasteiger partial charge in [0.1, 0.15) is 0 Å². The summed E-state index contributed by atoms with van der Waals surface area (Å²) in [5.74, 6) is 0.418. The molecular weight excluding hydrogens is 456 g/mol. The zero-order chi connectivity index (χ0) is 24.1. The normalized spacial score (nSPS) is 21.7. The molecule has 0 radical (unpaired) electrons. The van der Waals surface area contributed by atoms with Crippen LogP contribution in [0, 0.1) is 5.92 Å². The van der Waals surface area contributed by atoms with Crippen LogP contribution in [0.1, 0.15) is 37.0 Å². The average Bonchev–Trinajstić information content (AvgIpc) is 2.85. The van der Waals surface area contributed by atoms with E-state index in [9.17, 15) is 13.2 Å². The maximum absolute atomic E-state index is 13.5. The molecule has 3 aliphatic rings. The molecule has 34 heavy (non-hydrogen) atoms. The molecule has 1 aromatic rings. The molecule has 3 heterocycles. The minimum absolute atomic E-state index is 0.0907. The van der Waals surface area contributed by atoms with Gasteiger partial charge in [-0.3, -0.25) is 4.79 Å². The molecule has 0 bridgehead atoms. The fraction of sp³-hybridized carbons (Fsp3) is 0.708. The first-order valence-electron chi connectivity index (χ1n) is 12.4. The predicted molar refractivity (Wildman–Crippen MR) is 131 cm³/mol. The molecule has 0 saturated carbocycles. The van der Waals surface area contributed by atoms with Gasteiger partial charge < -0.3 is 24.6 Å². The highest BCUT2D eigenvalue weighted by Crippen LogP contribution is 2.28. The molecule has 0 aliphatic carbocycles. The summed E-state index contributed by atoms with van der Waals surface area (Å²) >= 11 is 0. The minimum atomic E-state index is -3.69. The van der Waals surface area contributed by atoms with Crippen LogP contribution in [0.25, 0.3) is 0 Å². The smallest absolute Gasteiger partial charge is 0.253 e. The van der Waals surface area contributed by atoms with Gasteiger partial charge in [-0.25, -0.2) is 8.42 Å². The highest BCUT2D eigenvalue weighted by molar-refractivity contribution is 7.89. The largest absolute Gasteiger partial charge is 0.379 e. The van der Waals surface area contributed by atoms with Crippen molar-refractivity contribution in [2.24, 2.45) is 5.92 Å². The number of carbonyl (C=O) groups is 1. The van der Waals surface area contributed by atoms with Crippen LogP contribution >= 0.6 is 0 Å². The van der Waals surface area contributed by atoms with Gasteiger partial charge in [0.15, 0.2) is 0 Å². The number of carbonyl (C=O) groups excluding carboxylic acids is 1. The Morgan fingerprint density at radius 1 is 1.00 bits per heavy atom. The topological polar surface area (TPSA) is 91.4 Å².